The predicted molar refractivity (Wildman–Crippen MR) is 102 cm³/mol. The van der Waals surface area contributed by atoms with Gasteiger partial charge in [0.05, 0.1) is 5.54 Å². The molecule has 1 aromatic heterocycles. The van der Waals surface area contributed by atoms with E-state index in [9.17, 15) is 4.79 Å². The van der Waals surface area contributed by atoms with E-state index in [1.54, 1.807) is 0 Å². The van der Waals surface area contributed by atoms with Crippen molar-refractivity contribution in [1.82, 2.24) is 19.8 Å². The summed E-state index contributed by atoms with van der Waals surface area (Å²) in [6.07, 6.45) is 4.35. The van der Waals surface area contributed by atoms with Crippen LogP contribution in [0.5, 0.6) is 0 Å². The molecule has 2 saturated heterocycles. The Morgan fingerprint density at radius 1 is 1.15 bits per heavy atom. The van der Waals surface area contributed by atoms with Crippen molar-refractivity contribution in [2.45, 2.75) is 25.4 Å². The molecule has 2 aromatic rings. The monoisotopic (exact) mass is 367 g/mol. The molecule has 1 aromatic carbocycles. The number of nitrogens with one attached hydrogen (secondary N) is 1. The fraction of sp³-hybridized carbons (Fsp3) is 0.450. The second-order valence-corrected chi connectivity index (χ2v) is 7.25. The number of aromatic nitrogens is 2. The first-order chi connectivity index (χ1) is 13.2. The largest absolute Gasteiger partial charge is 0.447 e. The molecule has 1 atom stereocenters. The zero-order valence-electron chi connectivity index (χ0n) is 15.6. The maximum absolute atomic E-state index is 12.2. The average molecular weight is 367 g/mol. The van der Waals surface area contributed by atoms with Crippen LogP contribution in [0.2, 0.25) is 0 Å². The smallest absolute Gasteiger partial charge is 0.410 e. The Kier molecular flexibility index (Phi) is 4.94. The maximum atomic E-state index is 12.2. The molecule has 2 aliphatic heterocycles. The summed E-state index contributed by atoms with van der Waals surface area (Å²) in [5, 5.41) is 3.11. The van der Waals surface area contributed by atoms with Crippen molar-refractivity contribution < 1.29 is 9.53 Å². The van der Waals surface area contributed by atoms with Gasteiger partial charge in [0.2, 0.25) is 5.95 Å². The predicted octanol–water partition coefficient (Wildman–Crippen LogP) is 2.16. The van der Waals surface area contributed by atoms with Crippen molar-refractivity contribution >= 4 is 12.0 Å². The standard InChI is InChI=1S/C20H25N5O2/c1-2-21-18-22-11-17(12-23-18)13-24-8-9-25-19(26)27-15-20(25,14-24)10-16-6-4-3-5-7-16/h3-7,11-12H,2,8-10,13-15H2,1H3,(H,21,22,23). The number of anilines is 1. The minimum Gasteiger partial charge on any atom is -0.447 e. The molecule has 3 heterocycles. The van der Waals surface area contributed by atoms with Gasteiger partial charge in [-0.2, -0.15) is 0 Å². The fourth-order valence-electron chi connectivity index (χ4n) is 4.00. The first kappa shape index (κ1) is 17.7. The molecule has 7 heteroatoms. The van der Waals surface area contributed by atoms with Crippen molar-refractivity contribution in [2.75, 3.05) is 38.1 Å². The molecule has 4 rings (SSSR count). The number of carbonyl (C=O) groups excluding carboxylic acids is 1. The van der Waals surface area contributed by atoms with Crippen molar-refractivity contribution in [1.29, 1.82) is 0 Å². The lowest BCUT2D eigenvalue weighted by Crippen LogP contribution is -2.62. The summed E-state index contributed by atoms with van der Waals surface area (Å²) in [4.78, 5) is 25.2. The highest BCUT2D eigenvalue weighted by Crippen LogP contribution is 2.32. The summed E-state index contributed by atoms with van der Waals surface area (Å²) in [6, 6.07) is 10.3. The van der Waals surface area contributed by atoms with Crippen LogP contribution in [0, 0.1) is 0 Å². The number of ether oxygens (including phenoxy) is 1. The van der Waals surface area contributed by atoms with E-state index >= 15 is 0 Å². The first-order valence-corrected chi connectivity index (χ1v) is 9.44. The van der Waals surface area contributed by atoms with E-state index in [0.29, 0.717) is 19.1 Å². The number of amides is 1. The molecule has 0 radical (unpaired) electrons. The van der Waals surface area contributed by atoms with Crippen LogP contribution in [0.3, 0.4) is 0 Å². The number of nitrogens with zero attached hydrogens (tertiary/aromatic N) is 4. The topological polar surface area (TPSA) is 70.6 Å². The lowest BCUT2D eigenvalue weighted by molar-refractivity contribution is 0.0475. The summed E-state index contributed by atoms with van der Waals surface area (Å²) in [5.74, 6) is 0.654. The number of piperazine rings is 1. The SMILES string of the molecule is CCNc1ncc(CN2CCN3C(=O)OCC3(Cc3ccccc3)C2)cn1. The highest BCUT2D eigenvalue weighted by molar-refractivity contribution is 5.71. The fourth-order valence-corrected chi connectivity index (χ4v) is 4.00. The molecule has 7 nitrogen and oxygen atoms in total. The van der Waals surface area contributed by atoms with Gasteiger partial charge in [-0.1, -0.05) is 30.3 Å². The number of carbonyl (C=O) groups is 1. The minimum atomic E-state index is -0.304. The molecule has 2 fully saturated rings. The molecule has 0 bridgehead atoms. The van der Waals surface area contributed by atoms with E-state index in [1.807, 2.05) is 42.4 Å². The summed E-state index contributed by atoms with van der Waals surface area (Å²) in [6.45, 7) is 6.31. The van der Waals surface area contributed by atoms with E-state index < -0.39 is 0 Å². The normalized spacial score (nSPS) is 22.4. The maximum Gasteiger partial charge on any atom is 0.410 e. The van der Waals surface area contributed by atoms with Crippen molar-refractivity contribution in [3.8, 4) is 0 Å². The Balaban J connectivity index is 1.49. The molecule has 1 amide bonds. The van der Waals surface area contributed by atoms with Gasteiger partial charge in [-0.25, -0.2) is 14.8 Å². The number of hydrogen-bond acceptors (Lipinski definition) is 6. The molecule has 0 saturated carbocycles. The molecular formula is C20H25N5O2. The Morgan fingerprint density at radius 3 is 2.67 bits per heavy atom. The minimum absolute atomic E-state index is 0.191. The Bertz CT molecular complexity index is 783. The van der Waals surface area contributed by atoms with Crippen LogP contribution in [-0.2, 0) is 17.7 Å². The molecule has 1 unspecified atom stereocenters. The average Bonchev–Trinajstić information content (AvgIpc) is 3.00. The third-order valence-corrected chi connectivity index (χ3v) is 5.24. The van der Waals surface area contributed by atoms with Gasteiger partial charge in [0.25, 0.3) is 0 Å². The summed E-state index contributed by atoms with van der Waals surface area (Å²) < 4.78 is 5.44. The lowest BCUT2D eigenvalue weighted by atomic mass is 9.88. The molecule has 2 aliphatic rings. The number of benzene rings is 1. The van der Waals surface area contributed by atoms with Gasteiger partial charge < -0.3 is 10.1 Å². The van der Waals surface area contributed by atoms with Gasteiger partial charge in [-0.3, -0.25) is 9.80 Å². The van der Waals surface area contributed by atoms with Crippen LogP contribution in [0.15, 0.2) is 42.7 Å². The number of fused-ring (bicyclic) bond motifs is 1. The highest BCUT2D eigenvalue weighted by Gasteiger charge is 2.50. The van der Waals surface area contributed by atoms with Crippen molar-refractivity contribution in [3.05, 3.63) is 53.9 Å². The molecule has 0 spiro atoms. The van der Waals surface area contributed by atoms with Crippen LogP contribution in [-0.4, -0.2) is 64.2 Å². The lowest BCUT2D eigenvalue weighted by Gasteiger charge is -2.44. The van der Waals surface area contributed by atoms with Gasteiger partial charge >= 0.3 is 6.09 Å². The number of rotatable bonds is 6. The zero-order chi connectivity index (χ0) is 18.7. The van der Waals surface area contributed by atoms with Crippen LogP contribution >= 0.6 is 0 Å². The highest BCUT2D eigenvalue weighted by atomic mass is 16.6. The summed E-state index contributed by atoms with van der Waals surface area (Å²) in [7, 11) is 0. The van der Waals surface area contributed by atoms with Crippen molar-refractivity contribution in [2.24, 2.45) is 0 Å². The zero-order valence-corrected chi connectivity index (χ0v) is 15.6. The Morgan fingerprint density at radius 2 is 1.93 bits per heavy atom. The third-order valence-electron chi connectivity index (χ3n) is 5.24. The second-order valence-electron chi connectivity index (χ2n) is 7.25. The van der Waals surface area contributed by atoms with Crippen LogP contribution in [0.25, 0.3) is 0 Å². The van der Waals surface area contributed by atoms with Crippen LogP contribution in [0.1, 0.15) is 18.1 Å². The summed E-state index contributed by atoms with van der Waals surface area (Å²) in [5.41, 5.74) is 1.99. The third kappa shape index (κ3) is 3.73. The number of hydrogen-bond donors (Lipinski definition) is 1. The van der Waals surface area contributed by atoms with E-state index in [1.165, 1.54) is 5.56 Å². The van der Waals surface area contributed by atoms with Gasteiger partial charge in [0.1, 0.15) is 6.61 Å². The van der Waals surface area contributed by atoms with Gasteiger partial charge in [0, 0.05) is 57.1 Å². The van der Waals surface area contributed by atoms with E-state index in [-0.39, 0.29) is 11.6 Å². The number of cyclic esters (lactones) is 1. The van der Waals surface area contributed by atoms with E-state index in [2.05, 4.69) is 32.3 Å². The van der Waals surface area contributed by atoms with Gasteiger partial charge in [0.15, 0.2) is 0 Å². The van der Waals surface area contributed by atoms with Gasteiger partial charge in [-0.15, -0.1) is 0 Å². The van der Waals surface area contributed by atoms with Crippen LogP contribution in [0.4, 0.5) is 10.7 Å². The van der Waals surface area contributed by atoms with E-state index in [4.69, 9.17) is 4.74 Å². The molecule has 142 valence electrons. The summed E-state index contributed by atoms with van der Waals surface area (Å²) >= 11 is 0. The van der Waals surface area contributed by atoms with Crippen molar-refractivity contribution in [3.63, 3.8) is 0 Å². The van der Waals surface area contributed by atoms with Crippen LogP contribution < -0.4 is 5.32 Å². The Labute approximate surface area is 159 Å². The quantitative estimate of drug-likeness (QED) is 0.844. The molecule has 1 N–H and O–H groups in total. The molecular weight excluding hydrogens is 342 g/mol. The van der Waals surface area contributed by atoms with E-state index in [0.717, 1.165) is 38.2 Å². The second kappa shape index (κ2) is 7.52. The van der Waals surface area contributed by atoms with Gasteiger partial charge in [-0.05, 0) is 12.5 Å². The molecule has 0 aliphatic carbocycles. The Hall–Kier alpha value is -2.67. The first-order valence-electron chi connectivity index (χ1n) is 9.44. The molecule has 27 heavy (non-hydrogen) atoms.